The summed E-state index contributed by atoms with van der Waals surface area (Å²) in [5.41, 5.74) is 7.55. The van der Waals surface area contributed by atoms with E-state index in [9.17, 15) is 4.39 Å². The number of unbranched alkanes of at least 4 members (excludes halogenated alkanes) is 2. The summed E-state index contributed by atoms with van der Waals surface area (Å²) >= 11 is 0. The highest BCUT2D eigenvalue weighted by atomic mass is 35.5. The zero-order chi connectivity index (χ0) is 13.0. The van der Waals surface area contributed by atoms with Crippen LogP contribution >= 0.6 is 12.4 Å². The number of hydrogen-bond acceptors (Lipinski definition) is 2. The summed E-state index contributed by atoms with van der Waals surface area (Å²) in [6.45, 7) is 3.05. The van der Waals surface area contributed by atoms with Crippen LogP contribution in [0.2, 0.25) is 0 Å². The van der Waals surface area contributed by atoms with Gasteiger partial charge < -0.3 is 10.3 Å². The van der Waals surface area contributed by atoms with Crippen molar-refractivity contribution < 1.29 is 4.39 Å². The number of nitrogens with two attached hydrogens (primary N) is 1. The predicted octanol–water partition coefficient (Wildman–Crippen LogP) is 3.88. The van der Waals surface area contributed by atoms with Crippen molar-refractivity contribution in [3.05, 3.63) is 36.3 Å². The van der Waals surface area contributed by atoms with Gasteiger partial charge in [0.1, 0.15) is 5.82 Å². The third-order valence-corrected chi connectivity index (χ3v) is 2.95. The van der Waals surface area contributed by atoms with Crippen LogP contribution in [0, 0.1) is 5.82 Å². The van der Waals surface area contributed by atoms with Gasteiger partial charge >= 0.3 is 0 Å². The van der Waals surface area contributed by atoms with E-state index in [4.69, 9.17) is 5.73 Å². The monoisotopic (exact) mass is 283 g/mol. The van der Waals surface area contributed by atoms with Crippen molar-refractivity contribution in [3.8, 4) is 11.3 Å². The summed E-state index contributed by atoms with van der Waals surface area (Å²) in [4.78, 5) is 4.31. The van der Waals surface area contributed by atoms with Crippen molar-refractivity contribution in [3.63, 3.8) is 0 Å². The molecule has 0 unspecified atom stereocenters. The molecule has 19 heavy (non-hydrogen) atoms. The molecule has 2 aromatic rings. The van der Waals surface area contributed by atoms with Crippen molar-refractivity contribution in [1.29, 1.82) is 0 Å². The molecule has 1 heterocycles. The van der Waals surface area contributed by atoms with Crippen LogP contribution in [-0.2, 0) is 6.54 Å². The number of anilines is 1. The number of nitrogens with zero attached hydrogens (tertiary/aromatic N) is 2. The summed E-state index contributed by atoms with van der Waals surface area (Å²) in [5, 5.41) is 0. The molecule has 0 aliphatic rings. The van der Waals surface area contributed by atoms with Gasteiger partial charge in [-0.3, -0.25) is 0 Å². The Balaban J connectivity index is 0.00000180. The van der Waals surface area contributed by atoms with Gasteiger partial charge in [-0.25, -0.2) is 9.37 Å². The van der Waals surface area contributed by atoms with Crippen molar-refractivity contribution in [2.45, 2.75) is 32.7 Å². The quantitative estimate of drug-likeness (QED) is 0.846. The van der Waals surface area contributed by atoms with Gasteiger partial charge in [-0.2, -0.15) is 0 Å². The van der Waals surface area contributed by atoms with E-state index in [1.165, 1.54) is 25.0 Å². The van der Waals surface area contributed by atoms with Crippen molar-refractivity contribution in [2.75, 3.05) is 5.73 Å². The molecule has 0 bridgehead atoms. The molecule has 104 valence electrons. The Morgan fingerprint density at radius 1 is 1.21 bits per heavy atom. The van der Waals surface area contributed by atoms with E-state index in [0.29, 0.717) is 5.95 Å². The van der Waals surface area contributed by atoms with Crippen molar-refractivity contribution in [1.82, 2.24) is 9.55 Å². The normalized spacial score (nSPS) is 10.2. The average molecular weight is 284 g/mol. The number of nitrogen functional groups attached to an aromatic ring is 1. The third-order valence-electron chi connectivity index (χ3n) is 2.95. The van der Waals surface area contributed by atoms with E-state index >= 15 is 0 Å². The number of rotatable bonds is 5. The molecule has 0 aliphatic heterocycles. The second kappa shape index (κ2) is 7.14. The van der Waals surface area contributed by atoms with Crippen LogP contribution in [0.4, 0.5) is 10.3 Å². The van der Waals surface area contributed by atoms with E-state index in [1.807, 2.05) is 10.8 Å². The first-order chi connectivity index (χ1) is 8.70. The molecule has 0 amide bonds. The standard InChI is InChI=1S/C14H18FN3.ClH/c1-2-3-4-9-18-10-13(17-14(18)16)11-5-7-12(15)8-6-11;/h5-8,10H,2-4,9H2,1H3,(H2,16,17);1H. The van der Waals surface area contributed by atoms with Crippen LogP contribution in [0.25, 0.3) is 11.3 Å². The summed E-state index contributed by atoms with van der Waals surface area (Å²) in [5.74, 6) is 0.277. The van der Waals surface area contributed by atoms with Crippen LogP contribution in [0.1, 0.15) is 26.2 Å². The van der Waals surface area contributed by atoms with E-state index in [1.54, 1.807) is 12.1 Å². The Morgan fingerprint density at radius 2 is 1.89 bits per heavy atom. The molecule has 0 atom stereocenters. The summed E-state index contributed by atoms with van der Waals surface area (Å²) in [7, 11) is 0. The van der Waals surface area contributed by atoms with Crippen LogP contribution < -0.4 is 5.73 Å². The lowest BCUT2D eigenvalue weighted by molar-refractivity contribution is 0.608. The summed E-state index contributed by atoms with van der Waals surface area (Å²) in [6.07, 6.45) is 5.39. The van der Waals surface area contributed by atoms with Crippen molar-refractivity contribution >= 4 is 18.4 Å². The van der Waals surface area contributed by atoms with Crippen LogP contribution in [0.5, 0.6) is 0 Å². The number of aromatic nitrogens is 2. The Hall–Kier alpha value is -1.55. The van der Waals surface area contributed by atoms with E-state index < -0.39 is 0 Å². The zero-order valence-corrected chi connectivity index (χ0v) is 11.8. The third kappa shape index (κ3) is 3.96. The number of halogens is 2. The fourth-order valence-electron chi connectivity index (χ4n) is 1.90. The molecule has 0 radical (unpaired) electrons. The molecule has 3 nitrogen and oxygen atoms in total. The summed E-state index contributed by atoms with van der Waals surface area (Å²) < 4.78 is 14.8. The molecule has 0 spiro atoms. The van der Waals surface area contributed by atoms with Crippen LogP contribution in [-0.4, -0.2) is 9.55 Å². The van der Waals surface area contributed by atoms with Gasteiger partial charge in [0.05, 0.1) is 5.69 Å². The Bertz CT molecular complexity index is 508. The zero-order valence-electron chi connectivity index (χ0n) is 11.0. The number of benzene rings is 1. The van der Waals surface area contributed by atoms with Crippen LogP contribution in [0.15, 0.2) is 30.5 Å². The van der Waals surface area contributed by atoms with Gasteiger partial charge in [-0.1, -0.05) is 19.8 Å². The molecule has 0 saturated heterocycles. The molecular formula is C14H19ClFN3. The number of hydrogen-bond donors (Lipinski definition) is 1. The maximum absolute atomic E-state index is 12.8. The maximum atomic E-state index is 12.8. The van der Waals surface area contributed by atoms with E-state index in [0.717, 1.165) is 24.2 Å². The molecular weight excluding hydrogens is 265 g/mol. The fourth-order valence-corrected chi connectivity index (χ4v) is 1.90. The highest BCUT2D eigenvalue weighted by molar-refractivity contribution is 5.85. The largest absolute Gasteiger partial charge is 0.369 e. The van der Waals surface area contributed by atoms with Gasteiger partial charge in [0.2, 0.25) is 5.95 Å². The number of aryl methyl sites for hydroxylation is 1. The van der Waals surface area contributed by atoms with Gasteiger partial charge in [-0.15, -0.1) is 12.4 Å². The van der Waals surface area contributed by atoms with Gasteiger partial charge in [0.25, 0.3) is 0 Å². The SMILES string of the molecule is CCCCCn1cc(-c2ccc(F)cc2)nc1N.Cl. The minimum Gasteiger partial charge on any atom is -0.369 e. The lowest BCUT2D eigenvalue weighted by Crippen LogP contribution is -2.02. The fraction of sp³-hybridized carbons (Fsp3) is 0.357. The van der Waals surface area contributed by atoms with Crippen LogP contribution in [0.3, 0.4) is 0 Å². The first-order valence-corrected chi connectivity index (χ1v) is 6.29. The second-order valence-electron chi connectivity index (χ2n) is 4.39. The minimum absolute atomic E-state index is 0. The lowest BCUT2D eigenvalue weighted by Gasteiger charge is -2.02. The average Bonchev–Trinajstić information content (AvgIpc) is 2.72. The Morgan fingerprint density at radius 3 is 2.53 bits per heavy atom. The van der Waals surface area contributed by atoms with Gasteiger partial charge in [0.15, 0.2) is 0 Å². The van der Waals surface area contributed by atoms with Gasteiger partial charge in [-0.05, 0) is 30.7 Å². The Labute approximate surface area is 119 Å². The van der Waals surface area contributed by atoms with Crippen molar-refractivity contribution in [2.24, 2.45) is 0 Å². The highest BCUT2D eigenvalue weighted by Crippen LogP contribution is 2.20. The smallest absolute Gasteiger partial charge is 0.200 e. The van der Waals surface area contributed by atoms with E-state index in [-0.39, 0.29) is 18.2 Å². The second-order valence-corrected chi connectivity index (χ2v) is 4.39. The first-order valence-electron chi connectivity index (χ1n) is 6.29. The molecule has 2 rings (SSSR count). The molecule has 0 saturated carbocycles. The maximum Gasteiger partial charge on any atom is 0.200 e. The molecule has 1 aromatic heterocycles. The summed E-state index contributed by atoms with van der Waals surface area (Å²) in [6, 6.07) is 6.30. The van der Waals surface area contributed by atoms with E-state index in [2.05, 4.69) is 11.9 Å². The van der Waals surface area contributed by atoms with Gasteiger partial charge in [0, 0.05) is 18.3 Å². The predicted molar refractivity (Wildman–Crippen MR) is 78.8 cm³/mol. The molecule has 1 aromatic carbocycles. The topological polar surface area (TPSA) is 43.8 Å². The highest BCUT2D eigenvalue weighted by Gasteiger charge is 2.06. The minimum atomic E-state index is -0.242. The molecule has 5 heteroatoms. The number of imidazole rings is 1. The Kier molecular flexibility index (Phi) is 5.83. The molecule has 2 N–H and O–H groups in total. The molecule has 0 fully saturated rings. The lowest BCUT2D eigenvalue weighted by atomic mass is 10.2. The molecule has 0 aliphatic carbocycles. The first kappa shape index (κ1) is 15.5.